The molecule has 2 aromatic carbocycles. The number of piperazine rings is 1. The third-order valence-corrected chi connectivity index (χ3v) is 6.23. The highest BCUT2D eigenvalue weighted by atomic mass is 32.2. The van der Waals surface area contributed by atoms with E-state index in [9.17, 15) is 0 Å². The smallest absolute Gasteiger partial charge is 0.198 e. The van der Waals surface area contributed by atoms with E-state index in [1.807, 2.05) is 12.4 Å². The van der Waals surface area contributed by atoms with Crippen LogP contribution in [-0.2, 0) is 10.9 Å². The molecule has 1 fully saturated rings. The van der Waals surface area contributed by atoms with Gasteiger partial charge in [0.25, 0.3) is 0 Å². The molecule has 3 heterocycles. The Bertz CT molecular complexity index is 1350. The second-order valence-electron chi connectivity index (χ2n) is 8.58. The van der Waals surface area contributed by atoms with Gasteiger partial charge in [0.2, 0.25) is 0 Å². The van der Waals surface area contributed by atoms with Crippen molar-refractivity contribution < 1.29 is 8.42 Å². The number of thiol groups is 1. The van der Waals surface area contributed by atoms with Gasteiger partial charge in [0.1, 0.15) is 5.52 Å². The topological polar surface area (TPSA) is 108 Å². The van der Waals surface area contributed by atoms with E-state index in [-0.39, 0.29) is 0 Å². The standard InChI is InChI=1S/C25H27N5.H3NO2S/c1-17-4-5-20(14-18(17)2)22-15-26-25-24(22)28-23(16-27-25)19-6-8-21(9-7-19)30-12-10-29(3)11-13-30;1-4(2)3/h4-9,14-16H,10-13H2,1-3H3,(H,26,27);4H,(H2,1,2,3). The molecule has 1 saturated heterocycles. The van der Waals surface area contributed by atoms with Crippen molar-refractivity contribution in [3.63, 3.8) is 0 Å². The molecule has 0 saturated carbocycles. The SMILES string of the molecule is Cc1ccc(-c2c[nH]c3ncc(-c4ccc(N5CCN(C)CC5)cc4)nc23)cc1C.N[SH](=O)=O. The van der Waals surface area contributed by atoms with Gasteiger partial charge in [-0.05, 0) is 49.7 Å². The quantitative estimate of drug-likeness (QED) is 0.391. The highest BCUT2D eigenvalue weighted by Crippen LogP contribution is 2.30. The highest BCUT2D eigenvalue weighted by molar-refractivity contribution is 7.69. The number of aromatic nitrogens is 3. The molecule has 3 N–H and O–H groups in total. The average molecular weight is 479 g/mol. The fraction of sp³-hybridized carbons (Fsp3) is 0.280. The van der Waals surface area contributed by atoms with Crippen LogP contribution >= 0.6 is 0 Å². The Kier molecular flexibility index (Phi) is 7.26. The van der Waals surface area contributed by atoms with Crippen LogP contribution in [0.5, 0.6) is 0 Å². The van der Waals surface area contributed by atoms with Crippen LogP contribution < -0.4 is 10.0 Å². The summed E-state index contributed by atoms with van der Waals surface area (Å²) in [5, 5.41) is 4.06. The molecule has 4 aromatic rings. The number of nitrogens with zero attached hydrogens (tertiary/aromatic N) is 4. The normalized spacial score (nSPS) is 14.3. The molecule has 0 amide bonds. The second-order valence-corrected chi connectivity index (χ2v) is 9.15. The maximum atomic E-state index is 8.81. The van der Waals surface area contributed by atoms with Crippen LogP contribution in [0.25, 0.3) is 33.5 Å². The molecule has 5 rings (SSSR count). The van der Waals surface area contributed by atoms with E-state index in [4.69, 9.17) is 13.4 Å². The molecule has 8 nitrogen and oxygen atoms in total. The number of benzene rings is 2. The van der Waals surface area contributed by atoms with Crippen LogP contribution in [0.3, 0.4) is 0 Å². The number of nitrogens with two attached hydrogens (primary N) is 1. The largest absolute Gasteiger partial charge is 0.369 e. The van der Waals surface area contributed by atoms with Gasteiger partial charge in [-0.2, -0.15) is 0 Å². The van der Waals surface area contributed by atoms with Crippen molar-refractivity contribution in [3.05, 3.63) is 66.0 Å². The van der Waals surface area contributed by atoms with Gasteiger partial charge in [-0.15, -0.1) is 0 Å². The molecular formula is C25H30N6O2S. The third-order valence-electron chi connectivity index (χ3n) is 6.23. The molecule has 2 aromatic heterocycles. The third kappa shape index (κ3) is 5.44. The highest BCUT2D eigenvalue weighted by Gasteiger charge is 2.15. The summed E-state index contributed by atoms with van der Waals surface area (Å²) >= 11 is 0. The zero-order valence-corrected chi connectivity index (χ0v) is 20.5. The first-order chi connectivity index (χ1) is 16.3. The number of H-pyrrole nitrogens is 1. The average Bonchev–Trinajstić information content (AvgIpc) is 3.24. The minimum atomic E-state index is -2.62. The van der Waals surface area contributed by atoms with Gasteiger partial charge in [0.15, 0.2) is 16.5 Å². The summed E-state index contributed by atoms with van der Waals surface area (Å²) in [5.74, 6) is 0. The van der Waals surface area contributed by atoms with Crippen molar-refractivity contribution in [1.29, 1.82) is 0 Å². The lowest BCUT2D eigenvalue weighted by molar-refractivity contribution is 0.313. The zero-order chi connectivity index (χ0) is 24.2. The summed E-state index contributed by atoms with van der Waals surface area (Å²) in [6, 6.07) is 15.3. The van der Waals surface area contributed by atoms with Crippen molar-refractivity contribution in [3.8, 4) is 22.4 Å². The van der Waals surface area contributed by atoms with E-state index in [0.717, 1.165) is 54.2 Å². The number of hydrogen-bond acceptors (Lipinski definition) is 6. The molecule has 0 unspecified atom stereocenters. The number of aromatic amines is 1. The maximum absolute atomic E-state index is 8.81. The van der Waals surface area contributed by atoms with Gasteiger partial charge in [0, 0.05) is 49.2 Å². The molecule has 0 bridgehead atoms. The fourth-order valence-electron chi connectivity index (χ4n) is 4.07. The van der Waals surface area contributed by atoms with Crippen LogP contribution in [0.1, 0.15) is 11.1 Å². The number of likely N-dealkylation sites (N-methyl/N-ethyl adjacent to an activating group) is 1. The van der Waals surface area contributed by atoms with Gasteiger partial charge in [-0.3, -0.25) is 0 Å². The van der Waals surface area contributed by atoms with Crippen LogP contribution in [0.4, 0.5) is 5.69 Å². The van der Waals surface area contributed by atoms with Crippen LogP contribution in [-0.4, -0.2) is 61.5 Å². The fourth-order valence-corrected chi connectivity index (χ4v) is 4.07. The number of fused-ring (bicyclic) bond motifs is 1. The summed E-state index contributed by atoms with van der Waals surface area (Å²) in [7, 11) is -0.437. The second kappa shape index (κ2) is 10.3. The number of hydrogen-bond donors (Lipinski definition) is 3. The molecule has 1 aliphatic rings. The van der Waals surface area contributed by atoms with Gasteiger partial charge >= 0.3 is 0 Å². The number of aryl methyl sites for hydroxylation is 2. The lowest BCUT2D eigenvalue weighted by Gasteiger charge is -2.34. The maximum Gasteiger partial charge on any atom is 0.198 e. The van der Waals surface area contributed by atoms with Gasteiger partial charge < -0.3 is 14.8 Å². The Morgan fingerprint density at radius 1 is 0.941 bits per heavy atom. The summed E-state index contributed by atoms with van der Waals surface area (Å²) < 4.78 is 17.6. The van der Waals surface area contributed by atoms with Crippen molar-refractivity contribution in [1.82, 2.24) is 19.9 Å². The van der Waals surface area contributed by atoms with Crippen molar-refractivity contribution in [2.24, 2.45) is 5.14 Å². The van der Waals surface area contributed by atoms with E-state index in [0.29, 0.717) is 0 Å². The van der Waals surface area contributed by atoms with Gasteiger partial charge in [0.05, 0.1) is 11.9 Å². The Morgan fingerprint density at radius 3 is 2.24 bits per heavy atom. The molecule has 34 heavy (non-hydrogen) atoms. The molecule has 0 atom stereocenters. The van der Waals surface area contributed by atoms with E-state index < -0.39 is 10.9 Å². The summed E-state index contributed by atoms with van der Waals surface area (Å²) in [6.07, 6.45) is 3.86. The zero-order valence-electron chi connectivity index (χ0n) is 19.7. The van der Waals surface area contributed by atoms with Crippen LogP contribution in [0.2, 0.25) is 0 Å². The number of rotatable bonds is 3. The molecule has 1 aliphatic heterocycles. The minimum absolute atomic E-state index is 0.820. The molecule has 9 heteroatoms. The van der Waals surface area contributed by atoms with Gasteiger partial charge in [-0.1, -0.05) is 30.3 Å². The van der Waals surface area contributed by atoms with Crippen molar-refractivity contribution in [2.75, 3.05) is 38.1 Å². The Morgan fingerprint density at radius 2 is 1.59 bits per heavy atom. The summed E-state index contributed by atoms with van der Waals surface area (Å²) in [4.78, 5) is 17.7. The lowest BCUT2D eigenvalue weighted by Crippen LogP contribution is -2.44. The van der Waals surface area contributed by atoms with E-state index in [1.54, 1.807) is 0 Å². The summed E-state index contributed by atoms with van der Waals surface area (Å²) in [6.45, 7) is 8.65. The predicted octanol–water partition coefficient (Wildman–Crippen LogP) is 3.13. The minimum Gasteiger partial charge on any atom is -0.369 e. The Balaban J connectivity index is 0.000000636. The molecule has 178 valence electrons. The van der Waals surface area contributed by atoms with Gasteiger partial charge in [-0.25, -0.2) is 23.5 Å². The van der Waals surface area contributed by atoms with Crippen LogP contribution in [0, 0.1) is 13.8 Å². The first-order valence-electron chi connectivity index (χ1n) is 11.2. The number of anilines is 1. The molecule has 0 radical (unpaired) electrons. The predicted molar refractivity (Wildman–Crippen MR) is 138 cm³/mol. The van der Waals surface area contributed by atoms with Crippen molar-refractivity contribution in [2.45, 2.75) is 13.8 Å². The first-order valence-corrected chi connectivity index (χ1v) is 12.4. The lowest BCUT2D eigenvalue weighted by atomic mass is 10.0. The molecule has 0 aliphatic carbocycles. The first kappa shape index (κ1) is 23.9. The van der Waals surface area contributed by atoms with E-state index in [2.05, 4.69) is 88.3 Å². The Hall–Kier alpha value is -3.27. The Labute approximate surface area is 201 Å². The van der Waals surface area contributed by atoms with E-state index in [1.165, 1.54) is 22.4 Å². The number of nitrogens with one attached hydrogen (secondary N) is 1. The van der Waals surface area contributed by atoms with E-state index >= 15 is 0 Å². The van der Waals surface area contributed by atoms with Crippen LogP contribution in [0.15, 0.2) is 54.9 Å². The monoisotopic (exact) mass is 478 g/mol. The molecule has 0 spiro atoms. The molecular weight excluding hydrogens is 448 g/mol. The van der Waals surface area contributed by atoms with Crippen molar-refractivity contribution >= 4 is 27.7 Å². The summed E-state index contributed by atoms with van der Waals surface area (Å²) in [5.41, 5.74) is 9.85.